The van der Waals surface area contributed by atoms with Crippen molar-refractivity contribution in [2.75, 3.05) is 12.3 Å². The number of benzene rings is 1. The molecule has 1 atom stereocenters. The lowest BCUT2D eigenvalue weighted by Gasteiger charge is -2.13. The van der Waals surface area contributed by atoms with E-state index < -0.39 is 0 Å². The topological polar surface area (TPSA) is 61.8 Å². The highest BCUT2D eigenvalue weighted by Crippen LogP contribution is 2.14. The Morgan fingerprint density at radius 3 is 3.00 bits per heavy atom. The lowest BCUT2D eigenvalue weighted by Crippen LogP contribution is -2.19. The summed E-state index contributed by atoms with van der Waals surface area (Å²) in [7, 11) is 0. The van der Waals surface area contributed by atoms with Gasteiger partial charge in [-0.05, 0) is 24.6 Å². The monoisotopic (exact) mass is 189 g/mol. The van der Waals surface area contributed by atoms with Crippen LogP contribution in [-0.2, 0) is 0 Å². The molecule has 0 saturated carbocycles. The van der Waals surface area contributed by atoms with Crippen LogP contribution in [0.2, 0.25) is 0 Å². The molecule has 0 radical (unpaired) electrons. The Morgan fingerprint density at radius 1 is 1.57 bits per heavy atom. The number of hydrogen-bond acceptors (Lipinski definition) is 3. The van der Waals surface area contributed by atoms with E-state index in [4.69, 9.17) is 11.0 Å². The van der Waals surface area contributed by atoms with E-state index >= 15 is 0 Å². The zero-order valence-corrected chi connectivity index (χ0v) is 8.33. The van der Waals surface area contributed by atoms with Crippen LogP contribution in [0, 0.1) is 11.3 Å². The number of nitrogens with one attached hydrogen (secondary N) is 1. The summed E-state index contributed by atoms with van der Waals surface area (Å²) < 4.78 is 0. The number of nitrogen functional groups attached to an aromatic ring is 1. The molecule has 1 aromatic rings. The second-order valence-corrected chi connectivity index (χ2v) is 3.25. The average Bonchev–Trinajstić information content (AvgIpc) is 2.18. The van der Waals surface area contributed by atoms with Crippen molar-refractivity contribution in [1.82, 2.24) is 5.32 Å². The van der Waals surface area contributed by atoms with Gasteiger partial charge in [0.05, 0.1) is 6.07 Å². The molecule has 14 heavy (non-hydrogen) atoms. The van der Waals surface area contributed by atoms with E-state index in [1.54, 1.807) is 0 Å². The minimum atomic E-state index is 0.242. The fourth-order valence-electron chi connectivity index (χ4n) is 1.29. The van der Waals surface area contributed by atoms with Gasteiger partial charge in [0.1, 0.15) is 0 Å². The van der Waals surface area contributed by atoms with Crippen molar-refractivity contribution < 1.29 is 0 Å². The standard InChI is InChI=1S/C11H15N3/c1-9(14-7-3-6-12)10-4-2-5-11(13)8-10/h2,4-5,8-9,14H,3,7,13H2,1H3. The summed E-state index contributed by atoms with van der Waals surface area (Å²) >= 11 is 0. The van der Waals surface area contributed by atoms with Crippen molar-refractivity contribution in [1.29, 1.82) is 5.26 Å². The van der Waals surface area contributed by atoms with Crippen molar-refractivity contribution >= 4 is 5.69 Å². The molecule has 1 rings (SSSR count). The molecule has 74 valence electrons. The second-order valence-electron chi connectivity index (χ2n) is 3.25. The minimum absolute atomic E-state index is 0.242. The maximum Gasteiger partial charge on any atom is 0.0635 e. The van der Waals surface area contributed by atoms with E-state index in [1.807, 2.05) is 24.3 Å². The van der Waals surface area contributed by atoms with Gasteiger partial charge >= 0.3 is 0 Å². The summed E-state index contributed by atoms with van der Waals surface area (Å²) in [6, 6.07) is 10.1. The summed E-state index contributed by atoms with van der Waals surface area (Å²) in [5.41, 5.74) is 7.60. The molecule has 0 aromatic heterocycles. The number of hydrogen-bond donors (Lipinski definition) is 2. The Balaban J connectivity index is 2.52. The maximum atomic E-state index is 8.38. The third-order valence-electron chi connectivity index (χ3n) is 2.10. The Hall–Kier alpha value is -1.53. The highest BCUT2D eigenvalue weighted by molar-refractivity contribution is 5.41. The first-order valence-corrected chi connectivity index (χ1v) is 4.70. The molecule has 0 amide bonds. The fraction of sp³-hybridized carbons (Fsp3) is 0.364. The molecule has 0 aliphatic heterocycles. The van der Waals surface area contributed by atoms with Crippen molar-refractivity contribution in [2.45, 2.75) is 19.4 Å². The Kier molecular flexibility index (Phi) is 3.96. The molecule has 0 fully saturated rings. The van der Waals surface area contributed by atoms with Crippen LogP contribution in [0.15, 0.2) is 24.3 Å². The lowest BCUT2D eigenvalue weighted by molar-refractivity contribution is 0.583. The van der Waals surface area contributed by atoms with Crippen molar-refractivity contribution in [3.05, 3.63) is 29.8 Å². The van der Waals surface area contributed by atoms with Crippen LogP contribution in [0.1, 0.15) is 24.9 Å². The third kappa shape index (κ3) is 3.08. The molecule has 1 aromatic carbocycles. The molecule has 0 bridgehead atoms. The van der Waals surface area contributed by atoms with Crippen LogP contribution in [0.3, 0.4) is 0 Å². The van der Waals surface area contributed by atoms with Gasteiger partial charge in [0.25, 0.3) is 0 Å². The molecule has 3 heteroatoms. The Labute approximate surface area is 84.5 Å². The fourth-order valence-corrected chi connectivity index (χ4v) is 1.29. The number of nitrogens with two attached hydrogens (primary N) is 1. The third-order valence-corrected chi connectivity index (χ3v) is 2.10. The zero-order chi connectivity index (χ0) is 10.4. The van der Waals surface area contributed by atoms with Gasteiger partial charge in [0, 0.05) is 24.7 Å². The van der Waals surface area contributed by atoms with Gasteiger partial charge in [0.15, 0.2) is 0 Å². The summed E-state index contributed by atoms with van der Waals surface area (Å²) in [5, 5.41) is 11.6. The first-order chi connectivity index (χ1) is 6.74. The van der Waals surface area contributed by atoms with Crippen LogP contribution in [0.5, 0.6) is 0 Å². The average molecular weight is 189 g/mol. The predicted molar refractivity (Wildman–Crippen MR) is 57.5 cm³/mol. The highest BCUT2D eigenvalue weighted by Gasteiger charge is 2.03. The van der Waals surface area contributed by atoms with E-state index in [9.17, 15) is 0 Å². The molecule has 1 unspecified atom stereocenters. The van der Waals surface area contributed by atoms with Crippen LogP contribution in [0.25, 0.3) is 0 Å². The van der Waals surface area contributed by atoms with Gasteiger partial charge in [-0.3, -0.25) is 0 Å². The smallest absolute Gasteiger partial charge is 0.0635 e. The minimum Gasteiger partial charge on any atom is -0.399 e. The molecule has 0 heterocycles. The van der Waals surface area contributed by atoms with E-state index in [0.717, 1.165) is 11.3 Å². The summed E-state index contributed by atoms with van der Waals surface area (Å²) in [6.07, 6.45) is 0.534. The highest BCUT2D eigenvalue weighted by atomic mass is 14.9. The number of nitriles is 1. The number of nitrogens with zero attached hydrogens (tertiary/aromatic N) is 1. The molecule has 0 aliphatic carbocycles. The van der Waals surface area contributed by atoms with E-state index in [-0.39, 0.29) is 6.04 Å². The van der Waals surface area contributed by atoms with Crippen LogP contribution in [-0.4, -0.2) is 6.54 Å². The summed E-state index contributed by atoms with van der Waals surface area (Å²) in [4.78, 5) is 0. The normalized spacial score (nSPS) is 12.0. The SMILES string of the molecule is CC(NCCC#N)c1cccc(N)c1. The van der Waals surface area contributed by atoms with Gasteiger partial charge < -0.3 is 11.1 Å². The molecular weight excluding hydrogens is 174 g/mol. The maximum absolute atomic E-state index is 8.38. The Morgan fingerprint density at radius 2 is 2.36 bits per heavy atom. The quantitative estimate of drug-likeness (QED) is 0.561. The van der Waals surface area contributed by atoms with E-state index in [0.29, 0.717) is 13.0 Å². The van der Waals surface area contributed by atoms with Gasteiger partial charge in [-0.25, -0.2) is 0 Å². The molecule has 3 N–H and O–H groups in total. The first kappa shape index (κ1) is 10.6. The van der Waals surface area contributed by atoms with Crippen LogP contribution in [0.4, 0.5) is 5.69 Å². The van der Waals surface area contributed by atoms with Crippen LogP contribution < -0.4 is 11.1 Å². The molecule has 0 spiro atoms. The van der Waals surface area contributed by atoms with Gasteiger partial charge in [-0.2, -0.15) is 5.26 Å². The van der Waals surface area contributed by atoms with Gasteiger partial charge in [-0.1, -0.05) is 12.1 Å². The van der Waals surface area contributed by atoms with Gasteiger partial charge in [0.2, 0.25) is 0 Å². The largest absolute Gasteiger partial charge is 0.399 e. The van der Waals surface area contributed by atoms with Crippen LogP contribution >= 0.6 is 0 Å². The second kappa shape index (κ2) is 5.25. The van der Waals surface area contributed by atoms with Crippen molar-refractivity contribution in [3.8, 4) is 6.07 Å². The van der Waals surface area contributed by atoms with E-state index in [1.165, 1.54) is 0 Å². The molecule has 0 aliphatic rings. The number of anilines is 1. The first-order valence-electron chi connectivity index (χ1n) is 4.70. The zero-order valence-electron chi connectivity index (χ0n) is 8.33. The van der Waals surface area contributed by atoms with E-state index in [2.05, 4.69) is 18.3 Å². The predicted octanol–water partition coefficient (Wildman–Crippen LogP) is 1.83. The Bertz CT molecular complexity index is 328. The summed E-state index contributed by atoms with van der Waals surface area (Å²) in [6.45, 7) is 2.78. The molecule has 0 saturated heterocycles. The lowest BCUT2D eigenvalue weighted by atomic mass is 10.1. The summed E-state index contributed by atoms with van der Waals surface area (Å²) in [5.74, 6) is 0. The van der Waals surface area contributed by atoms with Crippen molar-refractivity contribution in [2.24, 2.45) is 0 Å². The molecular formula is C11H15N3. The van der Waals surface area contributed by atoms with Crippen molar-refractivity contribution in [3.63, 3.8) is 0 Å². The molecule has 3 nitrogen and oxygen atoms in total. The number of rotatable bonds is 4. The van der Waals surface area contributed by atoms with Gasteiger partial charge in [-0.15, -0.1) is 0 Å².